The molecule has 2 aromatic heterocycles. The summed E-state index contributed by atoms with van der Waals surface area (Å²) >= 11 is 1.46. The van der Waals surface area contributed by atoms with Gasteiger partial charge in [0, 0.05) is 16.5 Å². The highest BCUT2D eigenvalue weighted by molar-refractivity contribution is 7.19. The summed E-state index contributed by atoms with van der Waals surface area (Å²) in [6.45, 7) is 2.03. The van der Waals surface area contributed by atoms with Gasteiger partial charge in [0.1, 0.15) is 0 Å². The Hall–Kier alpha value is -2.79. The van der Waals surface area contributed by atoms with Crippen LogP contribution in [0.2, 0.25) is 0 Å². The summed E-state index contributed by atoms with van der Waals surface area (Å²) in [5.74, 6) is 0.573. The van der Waals surface area contributed by atoms with Gasteiger partial charge in [-0.1, -0.05) is 71.5 Å². The Kier molecular flexibility index (Phi) is 3.28. The zero-order valence-corrected chi connectivity index (χ0v) is 13.2. The molecule has 4 aromatic rings. The molecule has 4 rings (SSSR count). The monoisotopic (exact) mass is 319 g/mol. The SMILES string of the molecule is Cc1ccc(-c2nc3sc(-c4ccccc4)cc(=O)n3n2)cc1. The topological polar surface area (TPSA) is 47.3 Å². The van der Waals surface area contributed by atoms with Crippen LogP contribution in [0.15, 0.2) is 65.5 Å². The summed E-state index contributed by atoms with van der Waals surface area (Å²) in [4.78, 5) is 18.4. The van der Waals surface area contributed by atoms with Gasteiger partial charge in [0.2, 0.25) is 4.96 Å². The Morgan fingerprint density at radius 2 is 1.70 bits per heavy atom. The molecule has 0 aliphatic carbocycles. The first kappa shape index (κ1) is 13.8. The van der Waals surface area contributed by atoms with Gasteiger partial charge in [-0.05, 0) is 12.5 Å². The van der Waals surface area contributed by atoms with Gasteiger partial charge in [0.05, 0.1) is 0 Å². The number of hydrogen-bond acceptors (Lipinski definition) is 4. The number of benzene rings is 2. The van der Waals surface area contributed by atoms with Crippen LogP contribution in [0.5, 0.6) is 0 Å². The van der Waals surface area contributed by atoms with Crippen LogP contribution in [0.25, 0.3) is 26.8 Å². The number of fused-ring (bicyclic) bond motifs is 1. The molecular weight excluding hydrogens is 306 g/mol. The average molecular weight is 319 g/mol. The van der Waals surface area contributed by atoms with Crippen molar-refractivity contribution in [3.05, 3.63) is 76.6 Å². The molecule has 0 unspecified atom stereocenters. The fourth-order valence-corrected chi connectivity index (χ4v) is 3.34. The minimum atomic E-state index is -0.163. The molecule has 0 aliphatic rings. The fraction of sp³-hybridized carbons (Fsp3) is 0.0556. The zero-order valence-electron chi connectivity index (χ0n) is 12.4. The predicted octanol–water partition coefficient (Wildman–Crippen LogP) is 3.79. The highest BCUT2D eigenvalue weighted by Gasteiger charge is 2.11. The molecule has 2 aromatic carbocycles. The summed E-state index contributed by atoms with van der Waals surface area (Å²) in [5, 5.41) is 4.35. The third-order valence-corrected chi connectivity index (χ3v) is 4.63. The Bertz CT molecular complexity index is 1030. The molecule has 0 amide bonds. The molecule has 0 atom stereocenters. The molecule has 0 aliphatic heterocycles. The lowest BCUT2D eigenvalue weighted by molar-refractivity contribution is 0.934. The van der Waals surface area contributed by atoms with Gasteiger partial charge < -0.3 is 0 Å². The Morgan fingerprint density at radius 3 is 2.43 bits per heavy atom. The highest BCUT2D eigenvalue weighted by atomic mass is 32.1. The average Bonchev–Trinajstić information content (AvgIpc) is 3.01. The van der Waals surface area contributed by atoms with E-state index < -0.39 is 0 Å². The molecule has 23 heavy (non-hydrogen) atoms. The van der Waals surface area contributed by atoms with Gasteiger partial charge >= 0.3 is 0 Å². The molecule has 0 saturated carbocycles. The van der Waals surface area contributed by atoms with E-state index in [0.717, 1.165) is 16.0 Å². The lowest BCUT2D eigenvalue weighted by Crippen LogP contribution is -2.11. The van der Waals surface area contributed by atoms with Crippen LogP contribution < -0.4 is 5.56 Å². The molecule has 0 radical (unpaired) electrons. The lowest BCUT2D eigenvalue weighted by Gasteiger charge is -1.99. The normalized spacial score (nSPS) is 11.0. The Morgan fingerprint density at radius 1 is 0.957 bits per heavy atom. The van der Waals surface area contributed by atoms with E-state index in [4.69, 9.17) is 0 Å². The molecule has 112 valence electrons. The summed E-state index contributed by atoms with van der Waals surface area (Å²) in [6, 6.07) is 19.4. The van der Waals surface area contributed by atoms with Gasteiger partial charge in [-0.25, -0.2) is 0 Å². The molecule has 0 N–H and O–H groups in total. The van der Waals surface area contributed by atoms with Crippen LogP contribution >= 0.6 is 11.3 Å². The number of hydrogen-bond donors (Lipinski definition) is 0. The highest BCUT2D eigenvalue weighted by Crippen LogP contribution is 2.25. The maximum absolute atomic E-state index is 12.3. The van der Waals surface area contributed by atoms with Crippen molar-refractivity contribution in [2.45, 2.75) is 6.92 Å². The molecule has 0 saturated heterocycles. The maximum atomic E-state index is 12.3. The largest absolute Gasteiger partial charge is 0.275 e. The van der Waals surface area contributed by atoms with Crippen molar-refractivity contribution in [1.29, 1.82) is 0 Å². The first-order valence-electron chi connectivity index (χ1n) is 7.24. The predicted molar refractivity (Wildman–Crippen MR) is 92.7 cm³/mol. The van der Waals surface area contributed by atoms with Crippen molar-refractivity contribution < 1.29 is 0 Å². The molecular formula is C18H13N3OS. The van der Waals surface area contributed by atoms with Gasteiger partial charge in [-0.15, -0.1) is 5.10 Å². The Balaban J connectivity index is 1.87. The van der Waals surface area contributed by atoms with Crippen LogP contribution in [0, 0.1) is 6.92 Å². The van der Waals surface area contributed by atoms with Crippen LogP contribution in [0.1, 0.15) is 5.56 Å². The fourth-order valence-electron chi connectivity index (χ4n) is 2.38. The van der Waals surface area contributed by atoms with E-state index in [2.05, 4.69) is 10.1 Å². The zero-order chi connectivity index (χ0) is 15.8. The quantitative estimate of drug-likeness (QED) is 0.565. The van der Waals surface area contributed by atoms with Crippen LogP contribution in [-0.2, 0) is 0 Å². The summed E-state index contributed by atoms with van der Waals surface area (Å²) < 4.78 is 1.37. The Labute approximate surface area is 136 Å². The van der Waals surface area contributed by atoms with Crippen LogP contribution in [0.4, 0.5) is 0 Å². The number of nitrogens with zero attached hydrogens (tertiary/aromatic N) is 3. The molecule has 5 heteroatoms. The van der Waals surface area contributed by atoms with Crippen molar-refractivity contribution >= 4 is 16.3 Å². The summed E-state index contributed by atoms with van der Waals surface area (Å²) in [7, 11) is 0. The smallest absolute Gasteiger partial charge is 0.267 e. The van der Waals surface area contributed by atoms with E-state index >= 15 is 0 Å². The van der Waals surface area contributed by atoms with Crippen molar-refractivity contribution in [3.8, 4) is 21.8 Å². The van der Waals surface area contributed by atoms with E-state index in [9.17, 15) is 4.79 Å². The molecule has 0 spiro atoms. The van der Waals surface area contributed by atoms with Gasteiger partial charge in [-0.3, -0.25) is 4.79 Å². The summed E-state index contributed by atoms with van der Waals surface area (Å²) in [6.07, 6.45) is 0. The number of aromatic nitrogens is 3. The second-order valence-corrected chi connectivity index (χ2v) is 6.32. The van der Waals surface area contributed by atoms with Gasteiger partial charge in [-0.2, -0.15) is 9.50 Å². The van der Waals surface area contributed by atoms with E-state index in [-0.39, 0.29) is 5.56 Å². The summed E-state index contributed by atoms with van der Waals surface area (Å²) in [5.41, 5.74) is 2.93. The molecule has 0 fully saturated rings. The van der Waals surface area contributed by atoms with Crippen molar-refractivity contribution in [1.82, 2.24) is 14.6 Å². The number of aryl methyl sites for hydroxylation is 1. The van der Waals surface area contributed by atoms with Crippen LogP contribution in [-0.4, -0.2) is 14.6 Å². The van der Waals surface area contributed by atoms with E-state index in [1.165, 1.54) is 21.4 Å². The van der Waals surface area contributed by atoms with E-state index in [1.54, 1.807) is 6.07 Å². The second-order valence-electron chi connectivity index (χ2n) is 5.31. The van der Waals surface area contributed by atoms with Crippen molar-refractivity contribution in [2.24, 2.45) is 0 Å². The van der Waals surface area contributed by atoms with Crippen molar-refractivity contribution in [2.75, 3.05) is 0 Å². The first-order chi connectivity index (χ1) is 11.2. The minimum Gasteiger partial charge on any atom is -0.267 e. The minimum absolute atomic E-state index is 0.163. The molecule has 4 nitrogen and oxygen atoms in total. The van der Waals surface area contributed by atoms with E-state index in [1.807, 2.05) is 61.5 Å². The lowest BCUT2D eigenvalue weighted by atomic mass is 10.1. The second kappa shape index (κ2) is 5.44. The number of rotatable bonds is 2. The third-order valence-electron chi connectivity index (χ3n) is 3.61. The van der Waals surface area contributed by atoms with Crippen LogP contribution in [0.3, 0.4) is 0 Å². The molecule has 2 heterocycles. The third kappa shape index (κ3) is 2.55. The van der Waals surface area contributed by atoms with Gasteiger partial charge in [0.15, 0.2) is 5.82 Å². The van der Waals surface area contributed by atoms with E-state index in [0.29, 0.717) is 10.8 Å². The maximum Gasteiger partial charge on any atom is 0.275 e. The standard InChI is InChI=1S/C18H13N3OS/c1-12-7-9-14(10-8-12)17-19-18-21(20-17)16(22)11-15(23-18)13-5-3-2-4-6-13/h2-11H,1H3. The van der Waals surface area contributed by atoms with Gasteiger partial charge in [0.25, 0.3) is 5.56 Å². The molecule has 0 bridgehead atoms. The first-order valence-corrected chi connectivity index (χ1v) is 8.06. The van der Waals surface area contributed by atoms with Crippen molar-refractivity contribution in [3.63, 3.8) is 0 Å².